The van der Waals surface area contributed by atoms with Gasteiger partial charge in [0.15, 0.2) is 0 Å². The smallest absolute Gasteiger partial charge is 0.231 e. The van der Waals surface area contributed by atoms with Crippen LogP contribution >= 0.6 is 0 Å². The van der Waals surface area contributed by atoms with Crippen LogP contribution in [0.2, 0.25) is 0 Å². The number of nitrogens with one attached hydrogen (secondary N) is 1. The molecule has 1 amide bonds. The monoisotopic (exact) mass is 250 g/mol. The Kier molecular flexibility index (Phi) is 3.72. The van der Waals surface area contributed by atoms with Crippen molar-refractivity contribution in [3.05, 3.63) is 23.8 Å². The van der Waals surface area contributed by atoms with Gasteiger partial charge in [-0.25, -0.2) is 0 Å². The van der Waals surface area contributed by atoms with Crippen molar-refractivity contribution in [3.63, 3.8) is 0 Å². The third-order valence-corrected chi connectivity index (χ3v) is 3.63. The van der Waals surface area contributed by atoms with Crippen molar-refractivity contribution in [2.24, 2.45) is 11.1 Å². The number of phenols is 1. The van der Waals surface area contributed by atoms with E-state index in [1.165, 1.54) is 0 Å². The van der Waals surface area contributed by atoms with Gasteiger partial charge in [0.05, 0.1) is 5.41 Å². The lowest BCUT2D eigenvalue weighted by atomic mass is 9.74. The largest absolute Gasteiger partial charge is 0.508 e. The Labute approximate surface area is 108 Å². The minimum Gasteiger partial charge on any atom is -0.508 e. The molecule has 0 aliphatic heterocycles. The van der Waals surface area contributed by atoms with Crippen LogP contribution < -0.4 is 11.1 Å². The Morgan fingerprint density at radius 2 is 1.83 bits per heavy atom. The Morgan fingerprint density at radius 3 is 2.28 bits per heavy atom. The summed E-state index contributed by atoms with van der Waals surface area (Å²) in [6.07, 6.45) is 0. The van der Waals surface area contributed by atoms with Crippen LogP contribution in [0.4, 0.5) is 5.69 Å². The predicted molar refractivity (Wildman–Crippen MR) is 73.5 cm³/mol. The quantitative estimate of drug-likeness (QED) is 0.721. The lowest BCUT2D eigenvalue weighted by Crippen LogP contribution is -2.53. The van der Waals surface area contributed by atoms with E-state index in [4.69, 9.17) is 5.73 Å². The zero-order chi connectivity index (χ0) is 14.1. The Balaban J connectivity index is 2.91. The van der Waals surface area contributed by atoms with Crippen LogP contribution in [-0.2, 0) is 4.79 Å². The zero-order valence-electron chi connectivity index (χ0n) is 11.7. The molecule has 4 heteroatoms. The topological polar surface area (TPSA) is 75.4 Å². The molecule has 0 aliphatic carbocycles. The third-order valence-electron chi connectivity index (χ3n) is 3.63. The van der Waals surface area contributed by atoms with Crippen LogP contribution in [0.15, 0.2) is 18.2 Å². The van der Waals surface area contributed by atoms with E-state index in [2.05, 4.69) is 5.32 Å². The minimum absolute atomic E-state index is 0.139. The van der Waals surface area contributed by atoms with Crippen LogP contribution in [0.25, 0.3) is 0 Å². The second kappa shape index (κ2) is 4.61. The van der Waals surface area contributed by atoms with E-state index < -0.39 is 11.0 Å². The highest BCUT2D eigenvalue weighted by molar-refractivity contribution is 5.95. The molecule has 4 nitrogen and oxygen atoms in total. The van der Waals surface area contributed by atoms with E-state index in [0.29, 0.717) is 5.69 Å². The highest BCUT2D eigenvalue weighted by atomic mass is 16.3. The second-order valence-corrected chi connectivity index (χ2v) is 5.80. The van der Waals surface area contributed by atoms with Gasteiger partial charge in [0.1, 0.15) is 5.75 Å². The van der Waals surface area contributed by atoms with Crippen molar-refractivity contribution in [2.75, 3.05) is 5.32 Å². The van der Waals surface area contributed by atoms with Crippen LogP contribution in [0.3, 0.4) is 0 Å². The van der Waals surface area contributed by atoms with E-state index in [9.17, 15) is 9.90 Å². The van der Waals surface area contributed by atoms with E-state index in [1.807, 2.05) is 27.7 Å². The van der Waals surface area contributed by atoms with Crippen LogP contribution in [0.5, 0.6) is 5.75 Å². The fraction of sp³-hybridized carbons (Fsp3) is 0.500. The molecule has 1 rings (SSSR count). The molecule has 0 unspecified atom stereocenters. The first-order valence-corrected chi connectivity index (χ1v) is 5.95. The maximum Gasteiger partial charge on any atom is 0.231 e. The van der Waals surface area contributed by atoms with Gasteiger partial charge in [-0.2, -0.15) is 0 Å². The molecule has 18 heavy (non-hydrogen) atoms. The molecule has 0 spiro atoms. The molecule has 0 bridgehead atoms. The number of benzene rings is 1. The number of phenolic OH excluding ortho intramolecular Hbond substituents is 1. The normalized spacial score (nSPS) is 12.3. The van der Waals surface area contributed by atoms with Gasteiger partial charge in [-0.1, -0.05) is 0 Å². The van der Waals surface area contributed by atoms with Gasteiger partial charge in [0, 0.05) is 11.2 Å². The van der Waals surface area contributed by atoms with Gasteiger partial charge in [-0.05, 0) is 58.4 Å². The highest BCUT2D eigenvalue weighted by Crippen LogP contribution is 2.30. The Hall–Kier alpha value is -1.55. The van der Waals surface area contributed by atoms with Crippen molar-refractivity contribution >= 4 is 11.6 Å². The number of hydrogen-bond donors (Lipinski definition) is 3. The number of anilines is 1. The summed E-state index contributed by atoms with van der Waals surface area (Å²) in [6.45, 7) is 9.07. The number of hydrogen-bond acceptors (Lipinski definition) is 3. The molecule has 1 aromatic rings. The summed E-state index contributed by atoms with van der Waals surface area (Å²) in [4.78, 5) is 12.2. The van der Waals surface area contributed by atoms with Gasteiger partial charge >= 0.3 is 0 Å². The number of aromatic hydroxyl groups is 1. The third kappa shape index (κ3) is 2.82. The number of aryl methyl sites for hydroxylation is 1. The summed E-state index contributed by atoms with van der Waals surface area (Å²) in [7, 11) is 0. The molecule has 0 aliphatic rings. The summed E-state index contributed by atoms with van der Waals surface area (Å²) >= 11 is 0. The SMILES string of the molecule is Cc1cc(NC(=O)C(C)(C)C(C)(C)N)ccc1O. The first kappa shape index (κ1) is 14.5. The predicted octanol–water partition coefficient (Wildman–Crippen LogP) is 2.40. The molecule has 0 radical (unpaired) electrons. The number of rotatable bonds is 3. The first-order chi connectivity index (χ1) is 8.05. The highest BCUT2D eigenvalue weighted by Gasteiger charge is 2.40. The van der Waals surface area contributed by atoms with Crippen molar-refractivity contribution in [3.8, 4) is 5.75 Å². The summed E-state index contributed by atoms with van der Waals surface area (Å²) in [5.41, 5.74) is 6.08. The van der Waals surface area contributed by atoms with Crippen molar-refractivity contribution in [2.45, 2.75) is 40.2 Å². The summed E-state index contributed by atoms with van der Waals surface area (Å²) in [5, 5.41) is 12.3. The minimum atomic E-state index is -0.696. The standard InChI is InChI=1S/C14H22N2O2/c1-9-8-10(6-7-11(9)17)16-12(18)13(2,3)14(4,5)15/h6-8,17H,15H2,1-5H3,(H,16,18). The fourth-order valence-corrected chi connectivity index (χ4v) is 1.31. The van der Waals surface area contributed by atoms with Gasteiger partial charge < -0.3 is 16.2 Å². The van der Waals surface area contributed by atoms with Gasteiger partial charge in [-0.15, -0.1) is 0 Å². The van der Waals surface area contributed by atoms with Gasteiger partial charge in [0.2, 0.25) is 5.91 Å². The van der Waals surface area contributed by atoms with Crippen LogP contribution in [0, 0.1) is 12.3 Å². The Morgan fingerprint density at radius 1 is 1.28 bits per heavy atom. The summed E-state index contributed by atoms with van der Waals surface area (Å²) in [6, 6.07) is 4.96. The fourth-order valence-electron chi connectivity index (χ4n) is 1.31. The van der Waals surface area contributed by atoms with Crippen molar-refractivity contribution in [1.82, 2.24) is 0 Å². The average Bonchev–Trinajstić information content (AvgIpc) is 2.21. The van der Waals surface area contributed by atoms with E-state index in [0.717, 1.165) is 5.56 Å². The maximum absolute atomic E-state index is 12.2. The molecule has 0 heterocycles. The molecule has 100 valence electrons. The molecule has 1 aromatic carbocycles. The molecule has 4 N–H and O–H groups in total. The van der Waals surface area contributed by atoms with Crippen LogP contribution in [0.1, 0.15) is 33.3 Å². The zero-order valence-corrected chi connectivity index (χ0v) is 11.7. The molecule has 0 saturated carbocycles. The van der Waals surface area contributed by atoms with E-state index in [-0.39, 0.29) is 11.7 Å². The average molecular weight is 250 g/mol. The van der Waals surface area contributed by atoms with Gasteiger partial charge in [-0.3, -0.25) is 4.79 Å². The summed E-state index contributed by atoms with van der Waals surface area (Å²) in [5.74, 6) is 0.0755. The summed E-state index contributed by atoms with van der Waals surface area (Å²) < 4.78 is 0. The molecule has 0 saturated heterocycles. The second-order valence-electron chi connectivity index (χ2n) is 5.80. The molecular formula is C14H22N2O2. The molecule has 0 atom stereocenters. The van der Waals surface area contributed by atoms with E-state index >= 15 is 0 Å². The van der Waals surface area contributed by atoms with E-state index in [1.54, 1.807) is 25.1 Å². The van der Waals surface area contributed by atoms with Crippen LogP contribution in [-0.4, -0.2) is 16.6 Å². The maximum atomic E-state index is 12.2. The van der Waals surface area contributed by atoms with Crippen molar-refractivity contribution in [1.29, 1.82) is 0 Å². The lowest BCUT2D eigenvalue weighted by Gasteiger charge is -2.36. The molecule has 0 fully saturated rings. The number of carbonyl (C=O) groups excluding carboxylic acids is 1. The lowest BCUT2D eigenvalue weighted by molar-refractivity contribution is -0.126. The molecular weight excluding hydrogens is 228 g/mol. The first-order valence-electron chi connectivity index (χ1n) is 5.95. The number of carbonyl (C=O) groups is 1. The number of amides is 1. The van der Waals surface area contributed by atoms with Crippen molar-refractivity contribution < 1.29 is 9.90 Å². The molecule has 0 aromatic heterocycles. The number of nitrogens with two attached hydrogens (primary N) is 1. The van der Waals surface area contributed by atoms with Gasteiger partial charge in [0.25, 0.3) is 0 Å². The Bertz CT molecular complexity index is 459.